The van der Waals surface area contributed by atoms with Crippen LogP contribution in [0.3, 0.4) is 0 Å². The molecule has 2 amide bonds. The number of fused-ring (bicyclic) bond motifs is 1. The molecule has 0 saturated carbocycles. The summed E-state index contributed by atoms with van der Waals surface area (Å²) in [6, 6.07) is 8.32. The first-order chi connectivity index (χ1) is 16.3. The number of nitrogens with zero attached hydrogens (tertiary/aromatic N) is 2. The molecule has 34 heavy (non-hydrogen) atoms. The average Bonchev–Trinajstić information content (AvgIpc) is 2.84. The molecule has 3 N–H and O–H groups in total. The van der Waals surface area contributed by atoms with Crippen molar-refractivity contribution in [3.8, 4) is 17.2 Å². The minimum absolute atomic E-state index is 0.0790. The zero-order valence-electron chi connectivity index (χ0n) is 19.5. The summed E-state index contributed by atoms with van der Waals surface area (Å²) in [6.45, 7) is 3.46. The van der Waals surface area contributed by atoms with Crippen LogP contribution in [-0.2, 0) is 16.1 Å². The molecule has 10 heteroatoms. The number of ether oxygens (including phenoxy) is 2. The van der Waals surface area contributed by atoms with E-state index in [-0.39, 0.29) is 23.6 Å². The van der Waals surface area contributed by atoms with E-state index in [1.165, 1.54) is 43.3 Å². The summed E-state index contributed by atoms with van der Waals surface area (Å²) in [5.74, 6) is -0.170. The van der Waals surface area contributed by atoms with Crippen molar-refractivity contribution in [3.05, 3.63) is 53.1 Å². The minimum atomic E-state index is -0.820. The van der Waals surface area contributed by atoms with E-state index in [0.717, 1.165) is 0 Å². The molecule has 10 nitrogen and oxygen atoms in total. The van der Waals surface area contributed by atoms with Crippen LogP contribution in [0.2, 0.25) is 0 Å². The molecule has 0 spiro atoms. The van der Waals surface area contributed by atoms with Crippen LogP contribution in [0, 0.1) is 5.92 Å². The van der Waals surface area contributed by atoms with E-state index in [9.17, 15) is 19.5 Å². The Bertz CT molecular complexity index is 1240. The number of hydrogen-bond acceptors (Lipinski definition) is 7. The number of carbonyl (C=O) groups is 2. The van der Waals surface area contributed by atoms with Crippen molar-refractivity contribution in [2.45, 2.75) is 32.9 Å². The number of hydrogen-bond donors (Lipinski definition) is 3. The van der Waals surface area contributed by atoms with Gasteiger partial charge in [0.05, 0.1) is 31.4 Å². The molecule has 0 saturated heterocycles. The van der Waals surface area contributed by atoms with Gasteiger partial charge in [-0.15, -0.1) is 0 Å². The van der Waals surface area contributed by atoms with Gasteiger partial charge in [-0.25, -0.2) is 4.98 Å². The number of methoxy groups -OCH3 is 2. The molecule has 0 aliphatic heterocycles. The highest BCUT2D eigenvalue weighted by atomic mass is 16.5. The first-order valence-corrected chi connectivity index (χ1v) is 10.8. The maximum atomic E-state index is 13.0. The van der Waals surface area contributed by atoms with Crippen molar-refractivity contribution in [1.29, 1.82) is 0 Å². The fourth-order valence-electron chi connectivity index (χ4n) is 3.44. The zero-order chi connectivity index (χ0) is 24.8. The summed E-state index contributed by atoms with van der Waals surface area (Å²) in [5.41, 5.74) is 0.476. The number of aromatic hydroxyl groups is 1. The Balaban J connectivity index is 1.79. The van der Waals surface area contributed by atoms with E-state index < -0.39 is 23.4 Å². The fraction of sp³-hybridized carbons (Fsp3) is 0.333. The number of amides is 2. The summed E-state index contributed by atoms with van der Waals surface area (Å²) < 4.78 is 11.7. The Morgan fingerprint density at radius 1 is 1.12 bits per heavy atom. The summed E-state index contributed by atoms with van der Waals surface area (Å²) >= 11 is 0. The van der Waals surface area contributed by atoms with Crippen molar-refractivity contribution in [2.75, 3.05) is 19.5 Å². The smallest absolute Gasteiger partial charge is 0.261 e. The van der Waals surface area contributed by atoms with Crippen molar-refractivity contribution in [3.63, 3.8) is 0 Å². The molecule has 0 radical (unpaired) electrons. The third kappa shape index (κ3) is 5.45. The van der Waals surface area contributed by atoms with E-state index >= 15 is 0 Å². The van der Waals surface area contributed by atoms with Crippen LogP contribution in [0.4, 0.5) is 5.69 Å². The van der Waals surface area contributed by atoms with E-state index in [1.54, 1.807) is 18.2 Å². The Kier molecular flexibility index (Phi) is 7.72. The van der Waals surface area contributed by atoms with Crippen LogP contribution >= 0.6 is 0 Å². The highest BCUT2D eigenvalue weighted by Gasteiger charge is 2.26. The third-order valence-corrected chi connectivity index (χ3v) is 5.59. The van der Waals surface area contributed by atoms with Gasteiger partial charge >= 0.3 is 0 Å². The van der Waals surface area contributed by atoms with Crippen molar-refractivity contribution < 1.29 is 24.2 Å². The molecule has 2 aromatic carbocycles. The van der Waals surface area contributed by atoms with Gasteiger partial charge in [0.25, 0.3) is 5.56 Å². The maximum Gasteiger partial charge on any atom is 0.261 e. The van der Waals surface area contributed by atoms with Gasteiger partial charge in [-0.3, -0.25) is 19.0 Å². The van der Waals surface area contributed by atoms with Gasteiger partial charge in [-0.2, -0.15) is 0 Å². The molecule has 1 heterocycles. The topological polar surface area (TPSA) is 132 Å². The SMILES string of the molecule is CC[C@H](C)[C@H](NC(=O)Cn1cnc2cc(OC)c(OC)cc2c1=O)C(=O)Nc1ccc(O)cc1. The molecular weight excluding hydrogens is 440 g/mol. The lowest BCUT2D eigenvalue weighted by atomic mass is 9.98. The van der Waals surface area contributed by atoms with Gasteiger partial charge in [0.15, 0.2) is 11.5 Å². The van der Waals surface area contributed by atoms with Gasteiger partial charge in [0, 0.05) is 11.8 Å². The number of aromatic nitrogens is 2. The summed E-state index contributed by atoms with van der Waals surface area (Å²) in [7, 11) is 2.95. The molecule has 0 bridgehead atoms. The van der Waals surface area contributed by atoms with Crippen LogP contribution in [0.25, 0.3) is 10.9 Å². The Morgan fingerprint density at radius 2 is 1.76 bits per heavy atom. The predicted molar refractivity (Wildman–Crippen MR) is 127 cm³/mol. The normalized spacial score (nSPS) is 12.6. The highest BCUT2D eigenvalue weighted by Crippen LogP contribution is 2.29. The van der Waals surface area contributed by atoms with E-state index in [1.807, 2.05) is 13.8 Å². The van der Waals surface area contributed by atoms with Gasteiger partial charge in [0.2, 0.25) is 11.8 Å². The van der Waals surface area contributed by atoms with E-state index in [4.69, 9.17) is 9.47 Å². The lowest BCUT2D eigenvalue weighted by molar-refractivity contribution is -0.128. The summed E-state index contributed by atoms with van der Waals surface area (Å²) in [6.07, 6.45) is 1.93. The molecule has 2 atom stereocenters. The monoisotopic (exact) mass is 468 g/mol. The third-order valence-electron chi connectivity index (χ3n) is 5.59. The van der Waals surface area contributed by atoms with Crippen LogP contribution in [0.1, 0.15) is 20.3 Å². The fourth-order valence-corrected chi connectivity index (χ4v) is 3.44. The van der Waals surface area contributed by atoms with Gasteiger partial charge in [0.1, 0.15) is 18.3 Å². The van der Waals surface area contributed by atoms with Crippen LogP contribution in [-0.4, -0.2) is 46.7 Å². The van der Waals surface area contributed by atoms with E-state index in [2.05, 4.69) is 15.6 Å². The van der Waals surface area contributed by atoms with Crippen LogP contribution < -0.4 is 25.7 Å². The van der Waals surface area contributed by atoms with Crippen molar-refractivity contribution in [1.82, 2.24) is 14.9 Å². The molecule has 180 valence electrons. The second kappa shape index (κ2) is 10.7. The largest absolute Gasteiger partial charge is 0.508 e. The lowest BCUT2D eigenvalue weighted by Crippen LogP contribution is -2.49. The number of rotatable bonds is 9. The molecular formula is C24H28N4O6. The molecule has 3 rings (SSSR count). The van der Waals surface area contributed by atoms with Gasteiger partial charge in [-0.1, -0.05) is 20.3 Å². The Labute approximate surface area is 196 Å². The lowest BCUT2D eigenvalue weighted by Gasteiger charge is -2.23. The first-order valence-electron chi connectivity index (χ1n) is 10.8. The quantitative estimate of drug-likeness (QED) is 0.411. The number of benzene rings is 2. The number of phenolic OH excluding ortho intramolecular Hbond substituents is 1. The molecule has 1 aromatic heterocycles. The van der Waals surface area contributed by atoms with Crippen LogP contribution in [0.5, 0.6) is 17.2 Å². The summed E-state index contributed by atoms with van der Waals surface area (Å²) in [4.78, 5) is 42.9. The molecule has 0 unspecified atom stereocenters. The minimum Gasteiger partial charge on any atom is -0.508 e. The number of carbonyl (C=O) groups excluding carboxylic acids is 2. The summed E-state index contributed by atoms with van der Waals surface area (Å²) in [5, 5.41) is 15.2. The number of nitrogens with one attached hydrogen (secondary N) is 2. The molecule has 0 fully saturated rings. The molecule has 0 aliphatic carbocycles. The predicted octanol–water partition coefficient (Wildman–Crippen LogP) is 2.29. The highest BCUT2D eigenvalue weighted by molar-refractivity contribution is 5.97. The molecule has 3 aromatic rings. The second-order valence-corrected chi connectivity index (χ2v) is 7.87. The first kappa shape index (κ1) is 24.6. The maximum absolute atomic E-state index is 13.0. The van der Waals surface area contributed by atoms with Crippen molar-refractivity contribution in [2.24, 2.45) is 5.92 Å². The standard InChI is InChI=1S/C24H28N4O6/c1-5-14(2)22(23(31)26-15-6-8-16(29)9-7-15)27-21(30)12-28-13-25-18-11-20(34-4)19(33-3)10-17(18)24(28)32/h6-11,13-14,22,29H,5,12H2,1-4H3,(H,26,31)(H,27,30)/t14-,22-/m0/s1. The Hall–Kier alpha value is -4.08. The van der Waals surface area contributed by atoms with Gasteiger partial charge in [-0.05, 0) is 36.2 Å². The number of anilines is 1. The molecule has 0 aliphatic rings. The van der Waals surface area contributed by atoms with E-state index in [0.29, 0.717) is 29.1 Å². The van der Waals surface area contributed by atoms with Crippen molar-refractivity contribution >= 4 is 28.4 Å². The Morgan fingerprint density at radius 3 is 2.38 bits per heavy atom. The zero-order valence-corrected chi connectivity index (χ0v) is 19.5. The average molecular weight is 469 g/mol. The van der Waals surface area contributed by atoms with Gasteiger partial charge < -0.3 is 25.2 Å². The van der Waals surface area contributed by atoms with Crippen LogP contribution in [0.15, 0.2) is 47.5 Å². The number of phenols is 1. The second-order valence-electron chi connectivity index (χ2n) is 7.87.